The average Bonchev–Trinajstić information content (AvgIpc) is 3.09. The summed E-state index contributed by atoms with van der Waals surface area (Å²) >= 11 is 0. The molecular weight excluding hydrogens is 242 g/mol. The number of carbonyl (C=O) groups is 1. The minimum Gasteiger partial charge on any atom is -0.467 e. The molecule has 0 atom stereocenters. The summed E-state index contributed by atoms with van der Waals surface area (Å²) in [6, 6.07) is 5.89. The molecule has 1 saturated carbocycles. The molecule has 0 aliphatic heterocycles. The number of aromatic nitrogens is 1. The first-order valence-corrected chi connectivity index (χ1v) is 6.33. The number of amides is 1. The molecule has 2 aromatic rings. The van der Waals surface area contributed by atoms with Gasteiger partial charge in [-0.1, -0.05) is 0 Å². The number of hydrogen-bond acceptors (Lipinski definition) is 4. The smallest absolute Gasteiger partial charge is 0.253 e. The van der Waals surface area contributed by atoms with Crippen molar-refractivity contribution in [3.63, 3.8) is 0 Å². The van der Waals surface area contributed by atoms with Crippen LogP contribution in [0.25, 0.3) is 0 Å². The summed E-state index contributed by atoms with van der Waals surface area (Å²) in [5.41, 5.74) is 1.39. The highest BCUT2D eigenvalue weighted by Crippen LogP contribution is 2.19. The number of carbonyl (C=O) groups excluding carboxylic acids is 1. The second-order valence-electron chi connectivity index (χ2n) is 4.64. The maximum absolute atomic E-state index is 11.9. The van der Waals surface area contributed by atoms with Gasteiger partial charge in [-0.3, -0.25) is 9.78 Å². The van der Waals surface area contributed by atoms with Crippen LogP contribution in [0.2, 0.25) is 0 Å². The minimum absolute atomic E-state index is 0.0587. The minimum atomic E-state index is -0.0587. The quantitative estimate of drug-likeness (QED) is 0.861. The molecule has 2 aromatic heterocycles. The summed E-state index contributed by atoms with van der Waals surface area (Å²) < 4.78 is 5.23. The number of hydrogen-bond donors (Lipinski definition) is 2. The fourth-order valence-corrected chi connectivity index (χ4v) is 1.76. The zero-order valence-corrected chi connectivity index (χ0v) is 10.4. The van der Waals surface area contributed by atoms with Crippen LogP contribution in [0, 0.1) is 0 Å². The Morgan fingerprint density at radius 1 is 1.42 bits per heavy atom. The largest absolute Gasteiger partial charge is 0.467 e. The van der Waals surface area contributed by atoms with E-state index in [4.69, 9.17) is 4.42 Å². The van der Waals surface area contributed by atoms with Gasteiger partial charge in [0.25, 0.3) is 5.91 Å². The van der Waals surface area contributed by atoms with E-state index in [-0.39, 0.29) is 5.91 Å². The SMILES string of the molecule is O=C(NC1CC1)c1cncc(NCc2ccco2)c1. The summed E-state index contributed by atoms with van der Waals surface area (Å²) in [7, 11) is 0. The van der Waals surface area contributed by atoms with Crippen LogP contribution in [-0.4, -0.2) is 16.9 Å². The van der Waals surface area contributed by atoms with E-state index in [1.54, 1.807) is 24.7 Å². The number of anilines is 1. The maximum atomic E-state index is 11.9. The van der Waals surface area contributed by atoms with E-state index in [2.05, 4.69) is 15.6 Å². The Bertz CT molecular complexity index is 562. The van der Waals surface area contributed by atoms with Crippen molar-refractivity contribution in [1.29, 1.82) is 0 Å². The molecule has 3 rings (SSSR count). The molecule has 0 aromatic carbocycles. The van der Waals surface area contributed by atoms with E-state index >= 15 is 0 Å². The summed E-state index contributed by atoms with van der Waals surface area (Å²) in [5.74, 6) is 0.782. The number of pyridine rings is 1. The van der Waals surface area contributed by atoms with Gasteiger partial charge in [-0.2, -0.15) is 0 Å². The third-order valence-corrected chi connectivity index (χ3v) is 2.96. The van der Waals surface area contributed by atoms with Crippen LogP contribution in [-0.2, 0) is 6.54 Å². The van der Waals surface area contributed by atoms with E-state index in [1.165, 1.54) is 0 Å². The topological polar surface area (TPSA) is 67.2 Å². The van der Waals surface area contributed by atoms with Crippen molar-refractivity contribution in [2.75, 3.05) is 5.32 Å². The molecule has 1 amide bonds. The highest BCUT2D eigenvalue weighted by atomic mass is 16.3. The second-order valence-corrected chi connectivity index (χ2v) is 4.64. The number of rotatable bonds is 5. The van der Waals surface area contributed by atoms with Crippen LogP contribution in [0.3, 0.4) is 0 Å². The Labute approximate surface area is 111 Å². The van der Waals surface area contributed by atoms with Crippen molar-refractivity contribution in [3.05, 3.63) is 48.2 Å². The molecule has 2 heterocycles. The van der Waals surface area contributed by atoms with Crippen LogP contribution in [0.15, 0.2) is 41.3 Å². The van der Waals surface area contributed by atoms with Crippen molar-refractivity contribution in [2.24, 2.45) is 0 Å². The zero-order chi connectivity index (χ0) is 13.1. The fourth-order valence-electron chi connectivity index (χ4n) is 1.76. The van der Waals surface area contributed by atoms with Crippen LogP contribution in [0.5, 0.6) is 0 Å². The van der Waals surface area contributed by atoms with Gasteiger partial charge >= 0.3 is 0 Å². The van der Waals surface area contributed by atoms with E-state index < -0.39 is 0 Å². The molecular formula is C14H15N3O2. The Hall–Kier alpha value is -2.30. The molecule has 19 heavy (non-hydrogen) atoms. The average molecular weight is 257 g/mol. The van der Waals surface area contributed by atoms with Crippen molar-refractivity contribution in [2.45, 2.75) is 25.4 Å². The summed E-state index contributed by atoms with van der Waals surface area (Å²) in [5, 5.41) is 6.12. The van der Waals surface area contributed by atoms with Gasteiger partial charge < -0.3 is 15.1 Å². The molecule has 2 N–H and O–H groups in total. The van der Waals surface area contributed by atoms with Gasteiger partial charge in [0.15, 0.2) is 0 Å². The molecule has 1 aliphatic carbocycles. The lowest BCUT2D eigenvalue weighted by Gasteiger charge is -2.07. The first kappa shape index (κ1) is 11.8. The van der Waals surface area contributed by atoms with Crippen LogP contribution in [0.4, 0.5) is 5.69 Å². The molecule has 0 bridgehead atoms. The van der Waals surface area contributed by atoms with Crippen molar-refractivity contribution >= 4 is 11.6 Å². The molecule has 0 radical (unpaired) electrons. The van der Waals surface area contributed by atoms with E-state index in [0.717, 1.165) is 24.3 Å². The normalized spacial score (nSPS) is 14.1. The van der Waals surface area contributed by atoms with Crippen LogP contribution < -0.4 is 10.6 Å². The molecule has 1 fully saturated rings. The molecule has 0 saturated heterocycles. The predicted molar refractivity (Wildman–Crippen MR) is 70.8 cm³/mol. The first-order valence-electron chi connectivity index (χ1n) is 6.33. The van der Waals surface area contributed by atoms with Gasteiger partial charge in [-0.15, -0.1) is 0 Å². The van der Waals surface area contributed by atoms with Gasteiger partial charge in [0.2, 0.25) is 0 Å². The van der Waals surface area contributed by atoms with Crippen molar-refractivity contribution in [1.82, 2.24) is 10.3 Å². The lowest BCUT2D eigenvalue weighted by Crippen LogP contribution is -2.25. The monoisotopic (exact) mass is 257 g/mol. The van der Waals surface area contributed by atoms with Crippen molar-refractivity contribution in [3.8, 4) is 0 Å². The van der Waals surface area contributed by atoms with Gasteiger partial charge in [-0.05, 0) is 31.0 Å². The zero-order valence-electron chi connectivity index (χ0n) is 10.4. The Morgan fingerprint density at radius 3 is 3.05 bits per heavy atom. The molecule has 98 valence electrons. The second kappa shape index (κ2) is 5.14. The van der Waals surface area contributed by atoms with E-state index in [1.807, 2.05) is 12.1 Å². The third-order valence-electron chi connectivity index (χ3n) is 2.96. The number of furan rings is 1. The molecule has 0 unspecified atom stereocenters. The van der Waals surface area contributed by atoms with Gasteiger partial charge in [-0.25, -0.2) is 0 Å². The van der Waals surface area contributed by atoms with E-state index in [9.17, 15) is 4.79 Å². The number of nitrogens with one attached hydrogen (secondary N) is 2. The lowest BCUT2D eigenvalue weighted by atomic mass is 10.2. The molecule has 1 aliphatic rings. The highest BCUT2D eigenvalue weighted by molar-refractivity contribution is 5.95. The summed E-state index contributed by atoms with van der Waals surface area (Å²) in [6.45, 7) is 0.572. The Morgan fingerprint density at radius 2 is 2.32 bits per heavy atom. The first-order chi connectivity index (χ1) is 9.31. The number of nitrogens with zero attached hydrogens (tertiary/aromatic N) is 1. The summed E-state index contributed by atoms with van der Waals surface area (Å²) in [4.78, 5) is 16.0. The maximum Gasteiger partial charge on any atom is 0.253 e. The standard InChI is InChI=1S/C14H15N3O2/c18-14(17-11-3-4-11)10-6-12(8-15-7-10)16-9-13-2-1-5-19-13/h1-2,5-8,11,16H,3-4,9H2,(H,17,18). The van der Waals surface area contributed by atoms with Gasteiger partial charge in [0, 0.05) is 18.4 Å². The van der Waals surface area contributed by atoms with Crippen LogP contribution >= 0.6 is 0 Å². The summed E-state index contributed by atoms with van der Waals surface area (Å²) in [6.07, 6.45) is 7.06. The fraction of sp³-hybridized carbons (Fsp3) is 0.286. The van der Waals surface area contributed by atoms with E-state index in [0.29, 0.717) is 18.2 Å². The van der Waals surface area contributed by atoms with Crippen LogP contribution in [0.1, 0.15) is 29.0 Å². The highest BCUT2D eigenvalue weighted by Gasteiger charge is 2.23. The van der Waals surface area contributed by atoms with Gasteiger partial charge in [0.05, 0.1) is 24.1 Å². The third kappa shape index (κ3) is 3.13. The predicted octanol–water partition coefficient (Wildman–Crippen LogP) is 2.18. The van der Waals surface area contributed by atoms with Crippen molar-refractivity contribution < 1.29 is 9.21 Å². The van der Waals surface area contributed by atoms with Gasteiger partial charge in [0.1, 0.15) is 5.76 Å². The molecule has 5 nitrogen and oxygen atoms in total. The Balaban J connectivity index is 1.63. The Kier molecular flexibility index (Phi) is 3.18. The molecule has 0 spiro atoms. The lowest BCUT2D eigenvalue weighted by molar-refractivity contribution is 0.0951. The molecule has 5 heteroatoms.